The van der Waals surface area contributed by atoms with Gasteiger partial charge >= 0.3 is 5.69 Å². The minimum Gasteiger partial charge on any atom is -0.312 e. The lowest BCUT2D eigenvalue weighted by Gasteiger charge is -2.18. The van der Waals surface area contributed by atoms with E-state index >= 15 is 0 Å². The van der Waals surface area contributed by atoms with Crippen LogP contribution in [0.1, 0.15) is 24.8 Å². The van der Waals surface area contributed by atoms with E-state index in [0.717, 1.165) is 11.3 Å². The standard InChI is InChI=1S/C22H22N4O5S/c27-20(10-12-26-19-4-2-1-3-17(19)21(28)23-22(26)29)25-11-9-14-13-15(5-8-18(14)25)24-32(30,31)16-6-7-16/h1-5,8,13,16,24H,6-7,9-12H2,(H,23,28,29). The molecule has 1 aliphatic carbocycles. The number of rotatable bonds is 6. The summed E-state index contributed by atoms with van der Waals surface area (Å²) in [7, 11) is -3.34. The SMILES string of the molecule is O=C(CCn1c(=O)[nH]c(=O)c2ccccc21)N1CCc2cc(NS(=O)(=O)C3CC3)ccc21. The third kappa shape index (κ3) is 3.70. The van der Waals surface area contributed by atoms with E-state index in [1.807, 2.05) is 0 Å². The molecule has 0 saturated heterocycles. The van der Waals surface area contributed by atoms with Gasteiger partial charge in [0.1, 0.15) is 0 Å². The smallest absolute Gasteiger partial charge is 0.312 e. The molecule has 1 fully saturated rings. The van der Waals surface area contributed by atoms with Gasteiger partial charge in [0.15, 0.2) is 0 Å². The molecule has 0 bridgehead atoms. The molecule has 1 aliphatic heterocycles. The number of fused-ring (bicyclic) bond motifs is 2. The van der Waals surface area contributed by atoms with Crippen LogP contribution in [0, 0.1) is 0 Å². The highest BCUT2D eigenvalue weighted by molar-refractivity contribution is 7.93. The number of nitrogens with zero attached hydrogens (tertiary/aromatic N) is 2. The number of aryl methyl sites for hydroxylation is 1. The number of aromatic nitrogens is 2. The van der Waals surface area contributed by atoms with Crippen LogP contribution < -0.4 is 20.9 Å². The van der Waals surface area contributed by atoms with Gasteiger partial charge in [-0.15, -0.1) is 0 Å². The van der Waals surface area contributed by atoms with Gasteiger partial charge in [0.2, 0.25) is 15.9 Å². The molecule has 2 N–H and O–H groups in total. The second-order valence-corrected chi connectivity index (χ2v) is 10.1. The number of sulfonamides is 1. The van der Waals surface area contributed by atoms with Crippen LogP contribution in [0.15, 0.2) is 52.1 Å². The first-order valence-corrected chi connectivity index (χ1v) is 12.0. The molecule has 2 heterocycles. The fraction of sp³-hybridized carbons (Fsp3) is 0.318. The average molecular weight is 455 g/mol. The van der Waals surface area contributed by atoms with Crippen LogP contribution in [0.5, 0.6) is 0 Å². The van der Waals surface area contributed by atoms with Gasteiger partial charge in [-0.05, 0) is 55.2 Å². The van der Waals surface area contributed by atoms with Crippen molar-refractivity contribution in [3.05, 3.63) is 68.9 Å². The Kier molecular flexibility index (Phi) is 4.89. The molecule has 1 saturated carbocycles. The molecule has 0 spiro atoms. The van der Waals surface area contributed by atoms with E-state index in [0.29, 0.717) is 42.4 Å². The Morgan fingerprint density at radius 2 is 1.91 bits per heavy atom. The number of hydrogen-bond donors (Lipinski definition) is 2. The van der Waals surface area contributed by atoms with Crippen LogP contribution in [0.2, 0.25) is 0 Å². The van der Waals surface area contributed by atoms with E-state index in [9.17, 15) is 22.8 Å². The van der Waals surface area contributed by atoms with Crippen molar-refractivity contribution >= 4 is 38.2 Å². The summed E-state index contributed by atoms with van der Waals surface area (Å²) in [4.78, 5) is 41.2. The maximum atomic E-state index is 12.9. The van der Waals surface area contributed by atoms with Gasteiger partial charge in [-0.2, -0.15) is 0 Å². The number of amides is 1. The molecule has 2 aliphatic rings. The van der Waals surface area contributed by atoms with Gasteiger partial charge in [0.05, 0.1) is 16.2 Å². The summed E-state index contributed by atoms with van der Waals surface area (Å²) in [5.74, 6) is -0.141. The Balaban J connectivity index is 1.33. The van der Waals surface area contributed by atoms with Gasteiger partial charge in [-0.25, -0.2) is 13.2 Å². The highest BCUT2D eigenvalue weighted by atomic mass is 32.2. The zero-order chi connectivity index (χ0) is 22.5. The summed E-state index contributed by atoms with van der Waals surface area (Å²) in [5.41, 5.74) is 1.66. The van der Waals surface area contributed by atoms with Crippen molar-refractivity contribution in [1.29, 1.82) is 0 Å². The highest BCUT2D eigenvalue weighted by Gasteiger charge is 2.36. The molecule has 10 heteroatoms. The number of aromatic amines is 1. The van der Waals surface area contributed by atoms with E-state index in [4.69, 9.17) is 0 Å². The highest BCUT2D eigenvalue weighted by Crippen LogP contribution is 2.33. The molecule has 166 valence electrons. The van der Waals surface area contributed by atoms with Crippen molar-refractivity contribution in [2.24, 2.45) is 0 Å². The first-order chi connectivity index (χ1) is 15.3. The van der Waals surface area contributed by atoms with E-state index in [2.05, 4.69) is 9.71 Å². The topological polar surface area (TPSA) is 121 Å². The molecule has 32 heavy (non-hydrogen) atoms. The van der Waals surface area contributed by atoms with E-state index < -0.39 is 21.3 Å². The number of H-pyrrole nitrogens is 1. The number of carbonyl (C=O) groups excluding carboxylic acids is 1. The third-order valence-electron chi connectivity index (χ3n) is 5.95. The van der Waals surface area contributed by atoms with Gasteiger partial charge in [0, 0.05) is 30.9 Å². The van der Waals surface area contributed by atoms with Gasteiger partial charge in [-0.1, -0.05) is 12.1 Å². The number of benzene rings is 2. The molecule has 1 aromatic heterocycles. The minimum atomic E-state index is -3.34. The summed E-state index contributed by atoms with van der Waals surface area (Å²) in [6.07, 6.45) is 2.10. The maximum absolute atomic E-state index is 12.9. The summed E-state index contributed by atoms with van der Waals surface area (Å²) >= 11 is 0. The van der Waals surface area contributed by atoms with Crippen molar-refractivity contribution in [2.75, 3.05) is 16.2 Å². The van der Waals surface area contributed by atoms with E-state index in [1.165, 1.54) is 4.57 Å². The van der Waals surface area contributed by atoms with Crippen molar-refractivity contribution in [2.45, 2.75) is 37.5 Å². The lowest BCUT2D eigenvalue weighted by atomic mass is 10.1. The fourth-order valence-electron chi connectivity index (χ4n) is 4.16. The summed E-state index contributed by atoms with van der Waals surface area (Å²) in [6, 6.07) is 12.0. The number of nitrogens with one attached hydrogen (secondary N) is 2. The molecule has 5 rings (SSSR count). The van der Waals surface area contributed by atoms with Crippen molar-refractivity contribution in [3.63, 3.8) is 0 Å². The van der Waals surface area contributed by atoms with Crippen LogP contribution >= 0.6 is 0 Å². The molecule has 1 amide bonds. The number of para-hydroxylation sites is 1. The molecule has 0 unspecified atom stereocenters. The van der Waals surface area contributed by atoms with E-state index in [1.54, 1.807) is 47.4 Å². The summed E-state index contributed by atoms with van der Waals surface area (Å²) in [5, 5.41) is 0.0912. The summed E-state index contributed by atoms with van der Waals surface area (Å²) in [6.45, 7) is 0.633. The Morgan fingerprint density at radius 3 is 2.69 bits per heavy atom. The number of hydrogen-bond acceptors (Lipinski definition) is 5. The van der Waals surface area contributed by atoms with Crippen LogP contribution in [-0.2, 0) is 27.8 Å². The van der Waals surface area contributed by atoms with Crippen LogP contribution in [0.4, 0.5) is 11.4 Å². The second-order valence-electron chi connectivity index (χ2n) is 8.16. The van der Waals surface area contributed by atoms with Crippen molar-refractivity contribution in [3.8, 4) is 0 Å². The first kappa shape index (κ1) is 20.5. The monoisotopic (exact) mass is 454 g/mol. The molecule has 3 aromatic rings. The lowest BCUT2D eigenvalue weighted by molar-refractivity contribution is -0.118. The van der Waals surface area contributed by atoms with Gasteiger partial charge in [-0.3, -0.25) is 23.9 Å². The lowest BCUT2D eigenvalue weighted by Crippen LogP contribution is -2.34. The normalized spacial score (nSPS) is 15.7. The minimum absolute atomic E-state index is 0.0887. The predicted molar refractivity (Wildman–Crippen MR) is 122 cm³/mol. The molecular weight excluding hydrogens is 432 g/mol. The van der Waals surface area contributed by atoms with Crippen molar-refractivity contribution < 1.29 is 13.2 Å². The average Bonchev–Trinajstić information content (AvgIpc) is 3.54. The Bertz CT molecular complexity index is 1450. The van der Waals surface area contributed by atoms with Crippen LogP contribution in [0.3, 0.4) is 0 Å². The fourth-order valence-corrected chi connectivity index (χ4v) is 5.54. The predicted octanol–water partition coefficient (Wildman–Crippen LogP) is 1.57. The molecular formula is C22H22N4O5S. The molecule has 0 radical (unpaired) electrons. The zero-order valence-electron chi connectivity index (χ0n) is 17.2. The van der Waals surface area contributed by atoms with E-state index in [-0.39, 0.29) is 24.1 Å². The Morgan fingerprint density at radius 1 is 1.12 bits per heavy atom. The summed E-state index contributed by atoms with van der Waals surface area (Å²) < 4.78 is 28.4. The number of anilines is 2. The number of carbonyl (C=O) groups is 1. The first-order valence-electron chi connectivity index (χ1n) is 10.5. The van der Waals surface area contributed by atoms with Gasteiger partial charge < -0.3 is 4.90 Å². The molecule has 0 atom stereocenters. The zero-order valence-corrected chi connectivity index (χ0v) is 18.0. The van der Waals surface area contributed by atoms with Crippen molar-refractivity contribution in [1.82, 2.24) is 9.55 Å². The van der Waals surface area contributed by atoms with Crippen LogP contribution in [0.25, 0.3) is 10.9 Å². The Labute approximate surface area is 183 Å². The van der Waals surface area contributed by atoms with Gasteiger partial charge in [0.25, 0.3) is 5.56 Å². The Hall–Kier alpha value is -3.40. The third-order valence-corrected chi connectivity index (χ3v) is 7.82. The second kappa shape index (κ2) is 7.63. The maximum Gasteiger partial charge on any atom is 0.328 e. The largest absolute Gasteiger partial charge is 0.328 e. The molecule has 9 nitrogen and oxygen atoms in total. The quantitative estimate of drug-likeness (QED) is 0.586. The van der Waals surface area contributed by atoms with Crippen LogP contribution in [-0.4, -0.2) is 35.7 Å². The molecule has 2 aromatic carbocycles.